The SMILES string of the molecule is Cc1csc(CNC(=O)c2cnn(-c3cc(SC(C)C)ncn3)c2C)n1. The molecule has 0 saturated carbocycles. The number of thiazole rings is 1. The number of rotatable bonds is 6. The van der Waals surface area contributed by atoms with Crippen molar-refractivity contribution in [2.45, 2.75) is 44.5 Å². The molecular formula is C17H20N6OS2. The molecule has 0 aliphatic rings. The molecule has 0 fully saturated rings. The zero-order valence-corrected chi connectivity index (χ0v) is 16.7. The van der Waals surface area contributed by atoms with Gasteiger partial charge >= 0.3 is 0 Å². The van der Waals surface area contributed by atoms with E-state index in [9.17, 15) is 4.79 Å². The van der Waals surface area contributed by atoms with Gasteiger partial charge in [0.25, 0.3) is 5.91 Å². The molecule has 3 heterocycles. The summed E-state index contributed by atoms with van der Waals surface area (Å²) in [6.45, 7) is 8.41. The number of carbonyl (C=O) groups is 1. The fourth-order valence-electron chi connectivity index (χ4n) is 2.35. The minimum Gasteiger partial charge on any atom is -0.345 e. The maximum absolute atomic E-state index is 12.5. The van der Waals surface area contributed by atoms with Crippen molar-refractivity contribution in [3.63, 3.8) is 0 Å². The Labute approximate surface area is 160 Å². The summed E-state index contributed by atoms with van der Waals surface area (Å²) >= 11 is 3.19. The van der Waals surface area contributed by atoms with E-state index in [2.05, 4.69) is 39.2 Å². The molecular weight excluding hydrogens is 368 g/mol. The van der Waals surface area contributed by atoms with Crippen molar-refractivity contribution in [2.75, 3.05) is 0 Å². The van der Waals surface area contributed by atoms with Crippen molar-refractivity contribution in [3.05, 3.63) is 45.9 Å². The quantitative estimate of drug-likeness (QED) is 0.516. The largest absolute Gasteiger partial charge is 0.345 e. The fourth-order valence-corrected chi connectivity index (χ4v) is 3.83. The minimum atomic E-state index is -0.174. The minimum absolute atomic E-state index is 0.174. The Hall–Kier alpha value is -2.26. The Balaban J connectivity index is 1.76. The molecule has 26 heavy (non-hydrogen) atoms. The Morgan fingerprint density at radius 3 is 2.85 bits per heavy atom. The fraction of sp³-hybridized carbons (Fsp3) is 0.353. The van der Waals surface area contributed by atoms with Crippen molar-refractivity contribution >= 4 is 29.0 Å². The van der Waals surface area contributed by atoms with Gasteiger partial charge in [-0.3, -0.25) is 4.79 Å². The molecule has 3 aromatic heterocycles. The number of hydrogen-bond acceptors (Lipinski definition) is 7. The van der Waals surface area contributed by atoms with Gasteiger partial charge < -0.3 is 5.32 Å². The number of amides is 1. The standard InChI is InChI=1S/C17H20N6OS2/c1-10(2)26-15-5-14(19-9-20-15)23-12(4)13(6-21-23)17(24)18-7-16-22-11(3)8-25-16/h5-6,8-10H,7H2,1-4H3,(H,18,24). The van der Waals surface area contributed by atoms with Crippen LogP contribution in [0.2, 0.25) is 0 Å². The highest BCUT2D eigenvalue weighted by molar-refractivity contribution is 7.99. The molecule has 0 aromatic carbocycles. The summed E-state index contributed by atoms with van der Waals surface area (Å²) in [5.41, 5.74) is 2.22. The molecule has 0 unspecified atom stereocenters. The van der Waals surface area contributed by atoms with E-state index in [1.165, 1.54) is 17.7 Å². The first-order valence-corrected chi connectivity index (χ1v) is 9.93. The number of hydrogen-bond donors (Lipinski definition) is 1. The Morgan fingerprint density at radius 2 is 2.15 bits per heavy atom. The van der Waals surface area contributed by atoms with Crippen LogP contribution in [0.3, 0.4) is 0 Å². The van der Waals surface area contributed by atoms with Crippen LogP contribution >= 0.6 is 23.1 Å². The molecule has 1 amide bonds. The van der Waals surface area contributed by atoms with Crippen molar-refractivity contribution in [3.8, 4) is 5.82 Å². The third-order valence-corrected chi connectivity index (χ3v) is 5.42. The number of aryl methyl sites for hydroxylation is 1. The molecule has 0 atom stereocenters. The molecule has 9 heteroatoms. The van der Waals surface area contributed by atoms with Gasteiger partial charge in [-0.2, -0.15) is 5.10 Å². The highest BCUT2D eigenvalue weighted by Gasteiger charge is 2.16. The maximum atomic E-state index is 12.5. The number of nitrogens with zero attached hydrogens (tertiary/aromatic N) is 5. The second-order valence-corrected chi connectivity index (χ2v) is 8.54. The van der Waals surface area contributed by atoms with E-state index >= 15 is 0 Å². The summed E-state index contributed by atoms with van der Waals surface area (Å²) < 4.78 is 1.66. The summed E-state index contributed by atoms with van der Waals surface area (Å²) in [5, 5.41) is 11.4. The van der Waals surface area contributed by atoms with Gasteiger partial charge in [-0.1, -0.05) is 13.8 Å². The average Bonchev–Trinajstić information content (AvgIpc) is 3.18. The van der Waals surface area contributed by atoms with Crippen LogP contribution in [0.1, 0.15) is 40.6 Å². The average molecular weight is 389 g/mol. The van der Waals surface area contributed by atoms with Crippen LogP contribution in [0.15, 0.2) is 29.0 Å². The number of carbonyl (C=O) groups excluding carboxylic acids is 1. The lowest BCUT2D eigenvalue weighted by Gasteiger charge is -2.07. The first kappa shape index (κ1) is 18.5. The molecule has 0 saturated heterocycles. The Morgan fingerprint density at radius 1 is 1.35 bits per heavy atom. The molecule has 0 aliphatic carbocycles. The first-order valence-electron chi connectivity index (χ1n) is 8.17. The van der Waals surface area contributed by atoms with Crippen LogP contribution in [0.5, 0.6) is 0 Å². The van der Waals surface area contributed by atoms with Crippen LogP contribution < -0.4 is 5.32 Å². The van der Waals surface area contributed by atoms with E-state index in [0.717, 1.165) is 21.4 Å². The molecule has 0 aliphatic heterocycles. The zero-order chi connectivity index (χ0) is 18.7. The van der Waals surface area contributed by atoms with Gasteiger partial charge in [0.1, 0.15) is 16.4 Å². The Bertz CT molecular complexity index is 918. The van der Waals surface area contributed by atoms with Crippen LogP contribution in [0.4, 0.5) is 0 Å². The number of nitrogens with one attached hydrogen (secondary N) is 1. The second-order valence-electron chi connectivity index (χ2n) is 6.00. The predicted octanol–water partition coefficient (Wildman–Crippen LogP) is 3.17. The first-order chi connectivity index (χ1) is 12.4. The van der Waals surface area contributed by atoms with Gasteiger partial charge in [0, 0.05) is 22.4 Å². The lowest BCUT2D eigenvalue weighted by atomic mass is 10.2. The summed E-state index contributed by atoms with van der Waals surface area (Å²) in [7, 11) is 0. The molecule has 3 aromatic rings. The molecule has 0 spiro atoms. The van der Waals surface area contributed by atoms with Crippen molar-refractivity contribution < 1.29 is 4.79 Å². The Kier molecular flexibility index (Phi) is 5.67. The normalized spacial score (nSPS) is 11.1. The van der Waals surface area contributed by atoms with Gasteiger partial charge in [-0.25, -0.2) is 19.6 Å². The number of aromatic nitrogens is 5. The van der Waals surface area contributed by atoms with Gasteiger partial charge in [0.05, 0.1) is 24.0 Å². The van der Waals surface area contributed by atoms with Crippen LogP contribution in [-0.2, 0) is 6.54 Å². The van der Waals surface area contributed by atoms with Crippen LogP contribution in [0.25, 0.3) is 5.82 Å². The van der Waals surface area contributed by atoms with Crippen LogP contribution in [-0.4, -0.2) is 35.9 Å². The van der Waals surface area contributed by atoms with Crippen molar-refractivity contribution in [1.82, 2.24) is 30.0 Å². The lowest BCUT2D eigenvalue weighted by molar-refractivity contribution is 0.0950. The summed E-state index contributed by atoms with van der Waals surface area (Å²) in [6, 6.07) is 1.88. The molecule has 0 bridgehead atoms. The smallest absolute Gasteiger partial charge is 0.255 e. The van der Waals surface area contributed by atoms with Gasteiger partial charge in [0.2, 0.25) is 0 Å². The second kappa shape index (κ2) is 7.96. The van der Waals surface area contributed by atoms with E-state index in [4.69, 9.17) is 0 Å². The predicted molar refractivity (Wildman–Crippen MR) is 103 cm³/mol. The van der Waals surface area contributed by atoms with Gasteiger partial charge in [-0.05, 0) is 13.8 Å². The summed E-state index contributed by atoms with van der Waals surface area (Å²) in [4.78, 5) is 25.4. The van der Waals surface area contributed by atoms with Crippen molar-refractivity contribution in [2.24, 2.45) is 0 Å². The van der Waals surface area contributed by atoms with E-state index in [1.54, 1.807) is 22.6 Å². The molecule has 136 valence electrons. The van der Waals surface area contributed by atoms with E-state index in [-0.39, 0.29) is 5.91 Å². The maximum Gasteiger partial charge on any atom is 0.255 e. The summed E-state index contributed by atoms with van der Waals surface area (Å²) in [5.74, 6) is 0.475. The van der Waals surface area contributed by atoms with E-state index in [0.29, 0.717) is 23.2 Å². The van der Waals surface area contributed by atoms with E-state index in [1.807, 2.05) is 25.3 Å². The third kappa shape index (κ3) is 4.28. The number of thioether (sulfide) groups is 1. The highest BCUT2D eigenvalue weighted by atomic mass is 32.2. The lowest BCUT2D eigenvalue weighted by Crippen LogP contribution is -2.23. The summed E-state index contributed by atoms with van der Waals surface area (Å²) in [6.07, 6.45) is 3.08. The van der Waals surface area contributed by atoms with Crippen LogP contribution in [0, 0.1) is 13.8 Å². The van der Waals surface area contributed by atoms with Gasteiger partial charge in [-0.15, -0.1) is 23.1 Å². The molecule has 7 nitrogen and oxygen atoms in total. The molecule has 1 N–H and O–H groups in total. The third-order valence-electron chi connectivity index (χ3n) is 3.52. The van der Waals surface area contributed by atoms with Crippen molar-refractivity contribution in [1.29, 1.82) is 0 Å². The topological polar surface area (TPSA) is 85.6 Å². The highest BCUT2D eigenvalue weighted by Crippen LogP contribution is 2.22. The monoisotopic (exact) mass is 388 g/mol. The zero-order valence-electron chi connectivity index (χ0n) is 15.1. The van der Waals surface area contributed by atoms with Gasteiger partial charge in [0.15, 0.2) is 5.82 Å². The van der Waals surface area contributed by atoms with E-state index < -0.39 is 0 Å². The molecule has 3 rings (SSSR count). The molecule has 0 radical (unpaired) electrons.